The van der Waals surface area contributed by atoms with E-state index in [1.165, 1.54) is 46.6 Å². The molecule has 0 saturated heterocycles. The van der Waals surface area contributed by atoms with Crippen LogP contribution in [0, 0.1) is 10.1 Å². The first-order valence-corrected chi connectivity index (χ1v) is 9.61. The van der Waals surface area contributed by atoms with Crippen LogP contribution < -0.4 is 5.32 Å². The molecule has 11 heteroatoms. The Balaban J connectivity index is 1.68. The minimum absolute atomic E-state index is 0.00170. The zero-order valence-corrected chi connectivity index (χ0v) is 15.2. The van der Waals surface area contributed by atoms with Gasteiger partial charge in [0.1, 0.15) is 5.51 Å². The molecule has 25 heavy (non-hydrogen) atoms. The molecule has 0 spiro atoms. The molecular formula is C14H11N5O3S3. The molecule has 2 aromatic heterocycles. The van der Waals surface area contributed by atoms with Crippen molar-refractivity contribution in [1.29, 1.82) is 0 Å². The third kappa shape index (κ3) is 4.38. The maximum atomic E-state index is 12.2. The SMILES string of the molecule is C[C@@H](Sc1nncs1)C(=O)Nc1nc(-c2cccc([N+](=O)[O-])c2)cs1. The Labute approximate surface area is 154 Å². The van der Waals surface area contributed by atoms with E-state index in [0.29, 0.717) is 16.4 Å². The number of nitrogens with one attached hydrogen (secondary N) is 1. The van der Waals surface area contributed by atoms with Crippen molar-refractivity contribution in [2.45, 2.75) is 16.5 Å². The van der Waals surface area contributed by atoms with E-state index in [1.807, 2.05) is 0 Å². The summed E-state index contributed by atoms with van der Waals surface area (Å²) in [6.45, 7) is 1.77. The lowest BCUT2D eigenvalue weighted by molar-refractivity contribution is -0.384. The summed E-state index contributed by atoms with van der Waals surface area (Å²) in [5.41, 5.74) is 2.81. The highest BCUT2D eigenvalue weighted by Gasteiger charge is 2.18. The summed E-state index contributed by atoms with van der Waals surface area (Å²) >= 11 is 3.96. The summed E-state index contributed by atoms with van der Waals surface area (Å²) in [5.74, 6) is -0.194. The molecule has 0 fully saturated rings. The lowest BCUT2D eigenvalue weighted by Gasteiger charge is -2.07. The fourth-order valence-corrected chi connectivity index (χ4v) is 4.22. The van der Waals surface area contributed by atoms with Gasteiger partial charge in [-0.2, -0.15) is 0 Å². The number of benzene rings is 1. The van der Waals surface area contributed by atoms with Crippen molar-refractivity contribution < 1.29 is 9.72 Å². The smallest absolute Gasteiger partial charge is 0.270 e. The van der Waals surface area contributed by atoms with Crippen LogP contribution in [0.3, 0.4) is 0 Å². The summed E-state index contributed by atoms with van der Waals surface area (Å²) in [6, 6.07) is 6.22. The molecule has 2 heterocycles. The summed E-state index contributed by atoms with van der Waals surface area (Å²) < 4.78 is 0.721. The molecular weight excluding hydrogens is 382 g/mol. The van der Waals surface area contributed by atoms with Crippen molar-refractivity contribution in [2.24, 2.45) is 0 Å². The molecule has 3 rings (SSSR count). The second-order valence-electron chi connectivity index (χ2n) is 4.80. The summed E-state index contributed by atoms with van der Waals surface area (Å²) in [7, 11) is 0. The van der Waals surface area contributed by atoms with Crippen LogP contribution in [0.15, 0.2) is 39.5 Å². The number of nitro groups is 1. The monoisotopic (exact) mass is 393 g/mol. The Kier molecular flexibility index (Phi) is 5.36. The Bertz CT molecular complexity index is 897. The number of rotatable bonds is 6. The fraction of sp³-hybridized carbons (Fsp3) is 0.143. The average molecular weight is 393 g/mol. The van der Waals surface area contributed by atoms with E-state index in [4.69, 9.17) is 0 Å². The number of nitrogens with zero attached hydrogens (tertiary/aromatic N) is 4. The number of aromatic nitrogens is 3. The zero-order chi connectivity index (χ0) is 17.8. The molecule has 0 aliphatic heterocycles. The molecule has 1 atom stereocenters. The van der Waals surface area contributed by atoms with E-state index >= 15 is 0 Å². The minimum Gasteiger partial charge on any atom is -0.301 e. The van der Waals surface area contributed by atoms with Crippen LogP contribution >= 0.6 is 34.4 Å². The van der Waals surface area contributed by atoms with E-state index in [1.54, 1.807) is 29.9 Å². The van der Waals surface area contributed by atoms with E-state index in [9.17, 15) is 14.9 Å². The maximum Gasteiger partial charge on any atom is 0.270 e. The van der Waals surface area contributed by atoms with Gasteiger partial charge in [0.15, 0.2) is 9.47 Å². The van der Waals surface area contributed by atoms with Gasteiger partial charge in [-0.05, 0) is 6.92 Å². The van der Waals surface area contributed by atoms with Crippen molar-refractivity contribution in [1.82, 2.24) is 15.2 Å². The molecule has 0 aliphatic rings. The van der Waals surface area contributed by atoms with Crippen molar-refractivity contribution >= 4 is 51.2 Å². The van der Waals surface area contributed by atoms with Gasteiger partial charge in [0.25, 0.3) is 5.69 Å². The Morgan fingerprint density at radius 2 is 2.24 bits per heavy atom. The molecule has 3 aromatic rings. The Morgan fingerprint density at radius 1 is 1.40 bits per heavy atom. The van der Waals surface area contributed by atoms with Crippen molar-refractivity contribution in [3.63, 3.8) is 0 Å². The second kappa shape index (κ2) is 7.68. The summed E-state index contributed by atoms with van der Waals surface area (Å²) in [6.07, 6.45) is 0. The van der Waals surface area contributed by atoms with Crippen LogP contribution in [-0.2, 0) is 4.79 Å². The molecule has 0 unspecified atom stereocenters. The first-order valence-electron chi connectivity index (χ1n) is 6.97. The quantitative estimate of drug-likeness (QED) is 0.386. The van der Waals surface area contributed by atoms with Gasteiger partial charge in [-0.25, -0.2) is 4.98 Å². The van der Waals surface area contributed by atoms with E-state index in [2.05, 4.69) is 20.5 Å². The Hall–Kier alpha value is -2.37. The Morgan fingerprint density at radius 3 is 2.96 bits per heavy atom. The lowest BCUT2D eigenvalue weighted by Crippen LogP contribution is -2.22. The topological polar surface area (TPSA) is 111 Å². The number of hydrogen-bond acceptors (Lipinski definition) is 9. The molecule has 0 bridgehead atoms. The maximum absolute atomic E-state index is 12.2. The van der Waals surface area contributed by atoms with Crippen LogP contribution in [0.1, 0.15) is 6.92 Å². The molecule has 8 nitrogen and oxygen atoms in total. The van der Waals surface area contributed by atoms with Gasteiger partial charge in [0.05, 0.1) is 15.9 Å². The van der Waals surface area contributed by atoms with Crippen LogP contribution in [0.2, 0.25) is 0 Å². The predicted octanol–water partition coefficient (Wildman–Crippen LogP) is 3.69. The van der Waals surface area contributed by atoms with Crippen molar-refractivity contribution in [3.8, 4) is 11.3 Å². The number of hydrogen-bond donors (Lipinski definition) is 1. The first kappa shape index (κ1) is 17.5. The molecule has 1 aromatic carbocycles. The van der Waals surface area contributed by atoms with Gasteiger partial charge in [-0.15, -0.1) is 21.5 Å². The minimum atomic E-state index is -0.453. The molecule has 1 N–H and O–H groups in total. The number of nitro benzene ring substituents is 1. The van der Waals surface area contributed by atoms with E-state index in [-0.39, 0.29) is 16.8 Å². The van der Waals surface area contributed by atoms with Crippen LogP contribution in [0.5, 0.6) is 0 Å². The summed E-state index contributed by atoms with van der Waals surface area (Å²) in [5, 5.41) is 23.1. The van der Waals surface area contributed by atoms with Gasteiger partial charge in [0, 0.05) is 23.1 Å². The predicted molar refractivity (Wildman–Crippen MR) is 98.1 cm³/mol. The molecule has 128 valence electrons. The van der Waals surface area contributed by atoms with E-state index in [0.717, 1.165) is 4.34 Å². The number of carbonyl (C=O) groups excluding carboxylic acids is 1. The van der Waals surface area contributed by atoms with E-state index < -0.39 is 4.92 Å². The largest absolute Gasteiger partial charge is 0.301 e. The zero-order valence-electron chi connectivity index (χ0n) is 12.8. The number of thioether (sulfide) groups is 1. The van der Waals surface area contributed by atoms with Gasteiger partial charge in [0.2, 0.25) is 5.91 Å². The van der Waals surface area contributed by atoms with Crippen LogP contribution in [0.4, 0.5) is 10.8 Å². The van der Waals surface area contributed by atoms with Gasteiger partial charge >= 0.3 is 0 Å². The van der Waals surface area contributed by atoms with Crippen molar-refractivity contribution in [3.05, 3.63) is 45.3 Å². The number of carbonyl (C=O) groups is 1. The van der Waals surface area contributed by atoms with Crippen LogP contribution in [-0.4, -0.2) is 31.3 Å². The lowest BCUT2D eigenvalue weighted by atomic mass is 10.1. The molecule has 0 aliphatic carbocycles. The van der Waals surface area contributed by atoms with Crippen LogP contribution in [0.25, 0.3) is 11.3 Å². The van der Waals surface area contributed by atoms with Gasteiger partial charge in [-0.3, -0.25) is 14.9 Å². The second-order valence-corrected chi connectivity index (χ2v) is 8.08. The standard InChI is InChI=1S/C14H11N5O3S3/c1-8(25-14-18-15-7-24-14)12(20)17-13-16-11(6-23-13)9-3-2-4-10(5-9)19(21)22/h2-8H,1H3,(H,16,17,20)/t8-/m1/s1. The first-order chi connectivity index (χ1) is 12.0. The average Bonchev–Trinajstić information content (AvgIpc) is 3.27. The molecule has 0 radical (unpaired) electrons. The fourth-order valence-electron chi connectivity index (χ4n) is 1.87. The summed E-state index contributed by atoms with van der Waals surface area (Å²) in [4.78, 5) is 27.0. The van der Waals surface area contributed by atoms with Gasteiger partial charge < -0.3 is 5.32 Å². The highest BCUT2D eigenvalue weighted by molar-refractivity contribution is 8.02. The third-order valence-electron chi connectivity index (χ3n) is 3.07. The third-order valence-corrected chi connectivity index (χ3v) is 5.74. The highest BCUT2D eigenvalue weighted by atomic mass is 32.2. The highest BCUT2D eigenvalue weighted by Crippen LogP contribution is 2.29. The number of amides is 1. The number of anilines is 1. The molecule has 0 saturated carbocycles. The number of non-ortho nitro benzene ring substituents is 1. The normalized spacial score (nSPS) is 11.9. The van der Waals surface area contributed by atoms with Gasteiger partial charge in [-0.1, -0.05) is 35.2 Å². The number of thiazole rings is 1. The molecule has 1 amide bonds. The van der Waals surface area contributed by atoms with Crippen molar-refractivity contribution in [2.75, 3.05) is 5.32 Å².